The number of nitrogens with zero attached hydrogens (tertiary/aromatic N) is 1. The Bertz CT molecular complexity index is 451. The summed E-state index contributed by atoms with van der Waals surface area (Å²) in [4.78, 5) is 22.7. The van der Waals surface area contributed by atoms with Crippen LogP contribution in [0.1, 0.15) is 10.4 Å². The van der Waals surface area contributed by atoms with Crippen molar-refractivity contribution in [1.29, 1.82) is 5.26 Å². The summed E-state index contributed by atoms with van der Waals surface area (Å²) in [5.74, 6) is -0.721. The summed E-state index contributed by atoms with van der Waals surface area (Å²) in [6.45, 7) is -0.205. The Morgan fingerprint density at radius 3 is 2.47 bits per heavy atom. The molecule has 88 valence electrons. The number of halogens is 1. The van der Waals surface area contributed by atoms with E-state index in [-0.39, 0.29) is 19.0 Å². The van der Waals surface area contributed by atoms with Crippen LogP contribution in [0.3, 0.4) is 0 Å². The van der Waals surface area contributed by atoms with Crippen LogP contribution in [0.4, 0.5) is 0 Å². The summed E-state index contributed by atoms with van der Waals surface area (Å²) in [6, 6.07) is 8.55. The molecular weight excluding hydrogens is 286 g/mol. The average Bonchev–Trinajstić information content (AvgIpc) is 2.34. The van der Waals surface area contributed by atoms with Crippen molar-refractivity contribution in [3.63, 3.8) is 0 Å². The van der Waals surface area contributed by atoms with Crippen LogP contribution >= 0.6 is 15.9 Å². The van der Waals surface area contributed by atoms with Crippen LogP contribution in [-0.2, 0) is 4.79 Å². The van der Waals surface area contributed by atoms with E-state index in [1.54, 1.807) is 30.3 Å². The maximum absolute atomic E-state index is 11.6. The number of carbonyl (C=O) groups excluding carboxylic acids is 2. The van der Waals surface area contributed by atoms with Gasteiger partial charge in [-0.1, -0.05) is 15.9 Å². The van der Waals surface area contributed by atoms with E-state index < -0.39 is 5.91 Å². The molecule has 0 fully saturated rings. The van der Waals surface area contributed by atoms with E-state index in [0.717, 1.165) is 4.47 Å². The summed E-state index contributed by atoms with van der Waals surface area (Å²) < 4.78 is 0.876. The van der Waals surface area contributed by atoms with Crippen molar-refractivity contribution >= 4 is 27.7 Å². The summed E-state index contributed by atoms with van der Waals surface area (Å²) >= 11 is 3.26. The van der Waals surface area contributed by atoms with Gasteiger partial charge < -0.3 is 10.6 Å². The Kier molecular flexibility index (Phi) is 5.17. The smallest absolute Gasteiger partial charge is 0.251 e. The minimum absolute atomic E-state index is 0.0625. The summed E-state index contributed by atoms with van der Waals surface area (Å²) in [5.41, 5.74) is 0.473. The molecule has 0 saturated heterocycles. The van der Waals surface area contributed by atoms with Crippen molar-refractivity contribution in [3.8, 4) is 6.07 Å². The van der Waals surface area contributed by atoms with Crippen LogP contribution in [0.5, 0.6) is 0 Å². The zero-order valence-corrected chi connectivity index (χ0v) is 10.5. The van der Waals surface area contributed by atoms with Gasteiger partial charge in [0.2, 0.25) is 5.91 Å². The molecule has 2 amide bonds. The molecule has 1 rings (SSSR count). The minimum Gasteiger partial charge on any atom is -0.343 e. The fourth-order valence-corrected chi connectivity index (χ4v) is 1.33. The van der Waals surface area contributed by atoms with Crippen LogP contribution in [0.15, 0.2) is 28.7 Å². The first kappa shape index (κ1) is 13.2. The molecule has 1 aromatic carbocycles. The van der Waals surface area contributed by atoms with E-state index in [1.165, 1.54) is 0 Å². The molecule has 6 heteroatoms. The van der Waals surface area contributed by atoms with Gasteiger partial charge in [0, 0.05) is 10.0 Å². The third kappa shape index (κ3) is 4.66. The molecule has 0 aliphatic carbocycles. The molecule has 1 aromatic rings. The molecule has 0 aliphatic rings. The zero-order valence-electron chi connectivity index (χ0n) is 8.87. The third-order valence-corrected chi connectivity index (χ3v) is 2.41. The molecule has 0 radical (unpaired) electrons. The van der Waals surface area contributed by atoms with Crippen LogP contribution in [-0.4, -0.2) is 24.9 Å². The van der Waals surface area contributed by atoms with E-state index in [1.807, 2.05) is 0 Å². The number of benzene rings is 1. The lowest BCUT2D eigenvalue weighted by Gasteiger charge is -2.04. The highest BCUT2D eigenvalue weighted by Gasteiger charge is 2.07. The molecule has 0 spiro atoms. The van der Waals surface area contributed by atoms with Crippen molar-refractivity contribution in [3.05, 3.63) is 34.3 Å². The molecule has 5 nitrogen and oxygen atoms in total. The number of nitriles is 1. The van der Waals surface area contributed by atoms with Crippen molar-refractivity contribution < 1.29 is 9.59 Å². The lowest BCUT2D eigenvalue weighted by molar-refractivity contribution is -0.119. The predicted molar refractivity (Wildman–Crippen MR) is 65.1 cm³/mol. The van der Waals surface area contributed by atoms with Gasteiger partial charge in [-0.25, -0.2) is 0 Å². The van der Waals surface area contributed by atoms with Crippen molar-refractivity contribution in [1.82, 2.24) is 10.6 Å². The fraction of sp³-hybridized carbons (Fsp3) is 0.182. The van der Waals surface area contributed by atoms with Crippen LogP contribution < -0.4 is 10.6 Å². The number of hydrogen-bond donors (Lipinski definition) is 2. The maximum atomic E-state index is 11.6. The van der Waals surface area contributed by atoms with Gasteiger partial charge in [0.05, 0.1) is 12.6 Å². The van der Waals surface area contributed by atoms with E-state index in [2.05, 4.69) is 26.6 Å². The Morgan fingerprint density at radius 2 is 1.88 bits per heavy atom. The van der Waals surface area contributed by atoms with Gasteiger partial charge in [0.15, 0.2) is 0 Å². The molecule has 0 bridgehead atoms. The Labute approximate surface area is 107 Å². The first-order valence-corrected chi connectivity index (χ1v) is 5.60. The number of carbonyl (C=O) groups is 2. The summed E-state index contributed by atoms with van der Waals surface area (Å²) in [7, 11) is 0. The predicted octanol–water partition coefficient (Wildman–Crippen LogP) is 0.819. The van der Waals surface area contributed by atoms with E-state index in [9.17, 15) is 9.59 Å². The largest absolute Gasteiger partial charge is 0.343 e. The standard InChI is InChI=1S/C11H10BrN3O2/c12-9-3-1-8(2-4-9)11(17)15-7-10(16)14-6-5-13/h1-4H,6-7H2,(H,14,16)(H,15,17). The number of nitrogens with one attached hydrogen (secondary N) is 2. The topological polar surface area (TPSA) is 82.0 Å². The quantitative estimate of drug-likeness (QED) is 0.807. The number of hydrogen-bond acceptors (Lipinski definition) is 3. The molecule has 0 heterocycles. The van der Waals surface area contributed by atoms with Crippen LogP contribution in [0.25, 0.3) is 0 Å². The van der Waals surface area contributed by atoms with Gasteiger partial charge in [-0.2, -0.15) is 5.26 Å². The average molecular weight is 296 g/mol. The first-order chi connectivity index (χ1) is 8.13. The molecule has 0 atom stereocenters. The Morgan fingerprint density at radius 1 is 1.24 bits per heavy atom. The summed E-state index contributed by atoms with van der Waals surface area (Å²) in [6.07, 6.45) is 0. The lowest BCUT2D eigenvalue weighted by Crippen LogP contribution is -2.37. The first-order valence-electron chi connectivity index (χ1n) is 4.81. The minimum atomic E-state index is -0.392. The number of amides is 2. The van der Waals surface area contributed by atoms with Crippen molar-refractivity contribution in [2.24, 2.45) is 0 Å². The van der Waals surface area contributed by atoms with Crippen molar-refractivity contribution in [2.45, 2.75) is 0 Å². The highest BCUT2D eigenvalue weighted by molar-refractivity contribution is 9.10. The van der Waals surface area contributed by atoms with Crippen molar-refractivity contribution in [2.75, 3.05) is 13.1 Å². The second-order valence-corrected chi connectivity index (χ2v) is 4.04. The second-order valence-electron chi connectivity index (χ2n) is 3.12. The van der Waals surface area contributed by atoms with Crippen LogP contribution in [0.2, 0.25) is 0 Å². The SMILES string of the molecule is N#CCNC(=O)CNC(=O)c1ccc(Br)cc1. The highest BCUT2D eigenvalue weighted by Crippen LogP contribution is 2.10. The van der Waals surface area contributed by atoms with Gasteiger partial charge in [0.1, 0.15) is 6.54 Å². The second kappa shape index (κ2) is 6.66. The molecule has 0 unspecified atom stereocenters. The fourth-order valence-electron chi connectivity index (χ4n) is 1.06. The van der Waals surface area contributed by atoms with E-state index in [0.29, 0.717) is 5.56 Å². The number of rotatable bonds is 4. The third-order valence-electron chi connectivity index (χ3n) is 1.88. The van der Waals surface area contributed by atoms with Crippen LogP contribution in [0, 0.1) is 11.3 Å². The Balaban J connectivity index is 2.42. The molecule has 0 saturated carbocycles. The molecule has 17 heavy (non-hydrogen) atoms. The molecule has 0 aromatic heterocycles. The maximum Gasteiger partial charge on any atom is 0.251 e. The van der Waals surface area contributed by atoms with Gasteiger partial charge in [-0.05, 0) is 24.3 Å². The molecule has 2 N–H and O–H groups in total. The van der Waals surface area contributed by atoms with Gasteiger partial charge in [0.25, 0.3) is 5.91 Å². The van der Waals surface area contributed by atoms with E-state index >= 15 is 0 Å². The van der Waals surface area contributed by atoms with Gasteiger partial charge in [-0.3, -0.25) is 9.59 Å². The highest BCUT2D eigenvalue weighted by atomic mass is 79.9. The van der Waals surface area contributed by atoms with E-state index in [4.69, 9.17) is 5.26 Å². The van der Waals surface area contributed by atoms with Gasteiger partial charge in [-0.15, -0.1) is 0 Å². The normalized spacial score (nSPS) is 9.18. The zero-order chi connectivity index (χ0) is 12.7. The molecule has 0 aliphatic heterocycles. The monoisotopic (exact) mass is 295 g/mol. The molecular formula is C11H10BrN3O2. The van der Waals surface area contributed by atoms with Gasteiger partial charge >= 0.3 is 0 Å². The Hall–Kier alpha value is -1.87. The lowest BCUT2D eigenvalue weighted by atomic mass is 10.2. The summed E-state index contributed by atoms with van der Waals surface area (Å²) in [5, 5.41) is 13.0.